The fourth-order valence-corrected chi connectivity index (χ4v) is 2.43. The van der Waals surface area contributed by atoms with Crippen molar-refractivity contribution in [3.05, 3.63) is 40.3 Å². The topological polar surface area (TPSA) is 46.5 Å². The molecular formula is C13H11FO3S. The molecule has 1 aromatic heterocycles. The van der Waals surface area contributed by atoms with Gasteiger partial charge < -0.3 is 9.84 Å². The molecule has 0 fully saturated rings. The van der Waals surface area contributed by atoms with Crippen LogP contribution in [0.2, 0.25) is 0 Å². The molecule has 0 atom stereocenters. The molecule has 3 nitrogen and oxygen atoms in total. The largest absolute Gasteiger partial charge is 0.493 e. The molecule has 1 N–H and O–H groups in total. The van der Waals surface area contributed by atoms with E-state index in [9.17, 15) is 9.18 Å². The van der Waals surface area contributed by atoms with Crippen molar-refractivity contribution in [1.82, 2.24) is 0 Å². The van der Waals surface area contributed by atoms with Gasteiger partial charge in [-0.15, -0.1) is 11.3 Å². The van der Waals surface area contributed by atoms with Gasteiger partial charge in [-0.2, -0.15) is 0 Å². The predicted octanol–water partition coefficient (Wildman–Crippen LogP) is 3.65. The summed E-state index contributed by atoms with van der Waals surface area (Å²) in [5, 5.41) is 10.8. The summed E-state index contributed by atoms with van der Waals surface area (Å²) in [6.07, 6.45) is 0. The highest BCUT2D eigenvalue weighted by molar-refractivity contribution is 7.12. The number of carbonyl (C=O) groups is 1. The van der Waals surface area contributed by atoms with Crippen LogP contribution in [-0.4, -0.2) is 17.7 Å². The van der Waals surface area contributed by atoms with Gasteiger partial charge in [0.2, 0.25) is 0 Å². The molecule has 1 aromatic carbocycles. The van der Waals surface area contributed by atoms with Crippen molar-refractivity contribution >= 4 is 17.3 Å². The van der Waals surface area contributed by atoms with E-state index >= 15 is 0 Å². The third-order valence-electron chi connectivity index (χ3n) is 2.39. The van der Waals surface area contributed by atoms with E-state index in [0.29, 0.717) is 23.5 Å². The number of hydrogen-bond acceptors (Lipinski definition) is 3. The van der Waals surface area contributed by atoms with Crippen molar-refractivity contribution in [2.24, 2.45) is 0 Å². The molecule has 0 radical (unpaired) electrons. The van der Waals surface area contributed by atoms with Gasteiger partial charge in [-0.1, -0.05) is 0 Å². The Morgan fingerprint density at radius 2 is 2.17 bits per heavy atom. The van der Waals surface area contributed by atoms with Crippen LogP contribution in [0.1, 0.15) is 16.6 Å². The van der Waals surface area contributed by atoms with Gasteiger partial charge in [-0.05, 0) is 30.5 Å². The number of carboxylic acids is 1. The first kappa shape index (κ1) is 12.6. The summed E-state index contributed by atoms with van der Waals surface area (Å²) in [4.78, 5) is 11.3. The average molecular weight is 266 g/mol. The van der Waals surface area contributed by atoms with Crippen LogP contribution in [0.15, 0.2) is 29.6 Å². The van der Waals surface area contributed by atoms with E-state index in [4.69, 9.17) is 9.84 Å². The van der Waals surface area contributed by atoms with E-state index in [1.54, 1.807) is 18.4 Å². The molecule has 0 bridgehead atoms. The maximum Gasteiger partial charge on any atom is 0.346 e. The highest BCUT2D eigenvalue weighted by Crippen LogP contribution is 2.35. The monoisotopic (exact) mass is 266 g/mol. The molecule has 0 aliphatic heterocycles. The molecule has 1 heterocycles. The summed E-state index contributed by atoms with van der Waals surface area (Å²) in [6, 6.07) is 5.79. The SMILES string of the molecule is CCOc1cc(F)ccc1-c1ccsc1C(=O)O. The minimum atomic E-state index is -0.994. The summed E-state index contributed by atoms with van der Waals surface area (Å²) in [6.45, 7) is 2.18. The molecule has 0 aliphatic carbocycles. The Morgan fingerprint density at radius 3 is 2.83 bits per heavy atom. The Balaban J connectivity index is 2.56. The van der Waals surface area contributed by atoms with Gasteiger partial charge in [0.15, 0.2) is 0 Å². The van der Waals surface area contributed by atoms with Crippen molar-refractivity contribution in [3.63, 3.8) is 0 Å². The zero-order valence-electron chi connectivity index (χ0n) is 9.64. The lowest BCUT2D eigenvalue weighted by atomic mass is 10.1. The van der Waals surface area contributed by atoms with Gasteiger partial charge in [0, 0.05) is 17.2 Å². The van der Waals surface area contributed by atoms with E-state index in [2.05, 4.69) is 0 Å². The first-order chi connectivity index (χ1) is 8.63. The van der Waals surface area contributed by atoms with E-state index in [-0.39, 0.29) is 4.88 Å². The van der Waals surface area contributed by atoms with Crippen LogP contribution in [0.3, 0.4) is 0 Å². The molecule has 0 saturated heterocycles. The summed E-state index contributed by atoms with van der Waals surface area (Å²) in [5.74, 6) is -1.04. The number of halogens is 1. The van der Waals surface area contributed by atoms with Crippen LogP contribution in [0, 0.1) is 5.82 Å². The van der Waals surface area contributed by atoms with Crippen molar-refractivity contribution in [3.8, 4) is 16.9 Å². The smallest absolute Gasteiger partial charge is 0.346 e. The van der Waals surface area contributed by atoms with Crippen LogP contribution in [0.4, 0.5) is 4.39 Å². The molecule has 2 rings (SSSR count). The molecule has 0 spiro atoms. The number of carboxylic acid groups (broad SMARTS) is 1. The summed E-state index contributed by atoms with van der Waals surface area (Å²) in [5.41, 5.74) is 1.15. The maximum atomic E-state index is 13.2. The third kappa shape index (κ3) is 2.36. The molecule has 5 heteroatoms. The fourth-order valence-electron chi connectivity index (χ4n) is 1.68. The van der Waals surface area contributed by atoms with E-state index in [0.717, 1.165) is 11.3 Å². The predicted molar refractivity (Wildman–Crippen MR) is 67.8 cm³/mol. The molecule has 0 unspecified atom stereocenters. The second-order valence-corrected chi connectivity index (χ2v) is 4.46. The van der Waals surface area contributed by atoms with Crippen molar-refractivity contribution in [1.29, 1.82) is 0 Å². The highest BCUT2D eigenvalue weighted by atomic mass is 32.1. The Kier molecular flexibility index (Phi) is 3.62. The minimum absolute atomic E-state index is 0.225. The molecule has 0 saturated carbocycles. The third-order valence-corrected chi connectivity index (χ3v) is 3.30. The first-order valence-electron chi connectivity index (χ1n) is 5.37. The first-order valence-corrected chi connectivity index (χ1v) is 6.25. The zero-order valence-corrected chi connectivity index (χ0v) is 10.5. The normalized spacial score (nSPS) is 10.3. The number of rotatable bonds is 4. The Hall–Kier alpha value is -1.88. The zero-order chi connectivity index (χ0) is 13.1. The second kappa shape index (κ2) is 5.18. The van der Waals surface area contributed by atoms with Crippen LogP contribution in [0.25, 0.3) is 11.1 Å². The molecule has 0 aliphatic rings. The lowest BCUT2D eigenvalue weighted by Crippen LogP contribution is -1.98. The maximum absolute atomic E-state index is 13.2. The standard InChI is InChI=1S/C13H11FO3S/c1-2-17-11-7-8(14)3-4-9(11)10-5-6-18-12(10)13(15)16/h3-7H,2H2,1H3,(H,15,16). The molecule has 94 valence electrons. The lowest BCUT2D eigenvalue weighted by Gasteiger charge is -2.10. The van der Waals surface area contributed by atoms with Crippen LogP contribution in [0.5, 0.6) is 5.75 Å². The summed E-state index contributed by atoms with van der Waals surface area (Å²) >= 11 is 1.13. The Bertz CT molecular complexity index is 577. The molecular weight excluding hydrogens is 255 g/mol. The van der Waals surface area contributed by atoms with Gasteiger partial charge in [0.05, 0.1) is 6.61 Å². The number of ether oxygens (including phenoxy) is 1. The van der Waals surface area contributed by atoms with Gasteiger partial charge in [0.1, 0.15) is 16.4 Å². The number of benzene rings is 1. The summed E-state index contributed by atoms with van der Waals surface area (Å²) < 4.78 is 18.5. The van der Waals surface area contributed by atoms with Crippen molar-refractivity contribution in [2.45, 2.75) is 6.92 Å². The minimum Gasteiger partial charge on any atom is -0.493 e. The number of aromatic carboxylic acids is 1. The van der Waals surface area contributed by atoms with Crippen LogP contribution in [-0.2, 0) is 0 Å². The van der Waals surface area contributed by atoms with Gasteiger partial charge in [0.25, 0.3) is 0 Å². The van der Waals surface area contributed by atoms with Gasteiger partial charge >= 0.3 is 5.97 Å². The fraction of sp³-hybridized carbons (Fsp3) is 0.154. The van der Waals surface area contributed by atoms with E-state index in [1.165, 1.54) is 18.2 Å². The van der Waals surface area contributed by atoms with Crippen LogP contribution < -0.4 is 4.74 Å². The van der Waals surface area contributed by atoms with Crippen molar-refractivity contribution < 1.29 is 19.0 Å². The average Bonchev–Trinajstić information content (AvgIpc) is 2.78. The molecule has 2 aromatic rings. The second-order valence-electron chi connectivity index (χ2n) is 3.54. The molecule has 0 amide bonds. The molecule has 18 heavy (non-hydrogen) atoms. The Labute approximate surface area is 107 Å². The number of thiophene rings is 1. The quantitative estimate of drug-likeness (QED) is 0.918. The lowest BCUT2D eigenvalue weighted by molar-refractivity contribution is 0.0703. The van der Waals surface area contributed by atoms with Crippen molar-refractivity contribution in [2.75, 3.05) is 6.61 Å². The number of hydrogen-bond donors (Lipinski definition) is 1. The van der Waals surface area contributed by atoms with E-state index in [1.807, 2.05) is 0 Å². The van der Waals surface area contributed by atoms with Gasteiger partial charge in [-0.25, -0.2) is 9.18 Å². The van der Waals surface area contributed by atoms with Crippen LogP contribution >= 0.6 is 11.3 Å². The Morgan fingerprint density at radius 1 is 1.39 bits per heavy atom. The highest BCUT2D eigenvalue weighted by Gasteiger charge is 2.17. The van der Waals surface area contributed by atoms with E-state index < -0.39 is 11.8 Å². The summed E-state index contributed by atoms with van der Waals surface area (Å²) in [7, 11) is 0. The van der Waals surface area contributed by atoms with Gasteiger partial charge in [-0.3, -0.25) is 0 Å².